The summed E-state index contributed by atoms with van der Waals surface area (Å²) in [6.07, 6.45) is 4.37. The van der Waals surface area contributed by atoms with Gasteiger partial charge >= 0.3 is 0 Å². The predicted octanol–water partition coefficient (Wildman–Crippen LogP) is 5.86. The summed E-state index contributed by atoms with van der Waals surface area (Å²) in [5.74, 6) is 0.371. The fourth-order valence-electron chi connectivity index (χ4n) is 3.80. The van der Waals surface area contributed by atoms with Crippen LogP contribution in [0.25, 0.3) is 23.0 Å². The second-order valence-corrected chi connectivity index (χ2v) is 8.38. The summed E-state index contributed by atoms with van der Waals surface area (Å²) < 4.78 is 7.54. The van der Waals surface area contributed by atoms with Gasteiger partial charge in [-0.1, -0.05) is 55.5 Å². The molecule has 1 heterocycles. The first-order valence-electron chi connectivity index (χ1n) is 11.9. The standard InChI is InChI=1S/C30H28N4O2/c1-3-16-36-27-14-15-28(22(2)17-27)29-25(21-34(33-29)26-12-8-5-9-13-26)18-24(19-31)30(35)32-20-23-10-6-4-7-11-23/h4-15,17-18,21H,3,16,20H2,1-2H3,(H,32,35)/b24-18+. The van der Waals surface area contributed by atoms with Crippen molar-refractivity contribution in [1.29, 1.82) is 5.26 Å². The molecule has 0 bridgehead atoms. The molecule has 1 N–H and O–H groups in total. The molecule has 0 saturated heterocycles. The zero-order valence-corrected chi connectivity index (χ0v) is 20.4. The third-order valence-electron chi connectivity index (χ3n) is 5.65. The van der Waals surface area contributed by atoms with Crippen molar-refractivity contribution in [3.05, 3.63) is 107 Å². The number of rotatable bonds is 9. The van der Waals surface area contributed by atoms with Gasteiger partial charge in [0, 0.05) is 23.9 Å². The maximum atomic E-state index is 12.8. The van der Waals surface area contributed by atoms with E-state index >= 15 is 0 Å². The highest BCUT2D eigenvalue weighted by molar-refractivity contribution is 6.02. The summed E-state index contributed by atoms with van der Waals surface area (Å²) in [6.45, 7) is 5.06. The summed E-state index contributed by atoms with van der Waals surface area (Å²) in [4.78, 5) is 12.8. The van der Waals surface area contributed by atoms with Crippen LogP contribution in [0.5, 0.6) is 5.75 Å². The lowest BCUT2D eigenvalue weighted by atomic mass is 10.0. The van der Waals surface area contributed by atoms with Crippen LogP contribution in [0, 0.1) is 18.3 Å². The van der Waals surface area contributed by atoms with Crippen LogP contribution in [-0.4, -0.2) is 22.3 Å². The zero-order chi connectivity index (χ0) is 25.3. The van der Waals surface area contributed by atoms with Crippen molar-refractivity contribution >= 4 is 12.0 Å². The first-order chi connectivity index (χ1) is 17.6. The average Bonchev–Trinajstić information content (AvgIpc) is 3.33. The van der Waals surface area contributed by atoms with E-state index in [-0.39, 0.29) is 5.57 Å². The molecule has 0 radical (unpaired) electrons. The number of carbonyl (C=O) groups excluding carboxylic acids is 1. The Kier molecular flexibility index (Phi) is 7.94. The van der Waals surface area contributed by atoms with Gasteiger partial charge in [0.05, 0.1) is 12.3 Å². The normalized spacial score (nSPS) is 11.1. The topological polar surface area (TPSA) is 79.9 Å². The molecule has 0 aliphatic carbocycles. The van der Waals surface area contributed by atoms with Crippen LogP contribution in [0.4, 0.5) is 0 Å². The molecule has 6 heteroatoms. The Morgan fingerprint density at radius 3 is 2.47 bits per heavy atom. The molecule has 4 rings (SSSR count). The molecule has 180 valence electrons. The number of aryl methyl sites for hydroxylation is 1. The van der Waals surface area contributed by atoms with Crippen LogP contribution in [0.2, 0.25) is 0 Å². The lowest BCUT2D eigenvalue weighted by molar-refractivity contribution is -0.117. The predicted molar refractivity (Wildman–Crippen MR) is 141 cm³/mol. The minimum Gasteiger partial charge on any atom is -0.494 e. The lowest BCUT2D eigenvalue weighted by Crippen LogP contribution is -2.23. The number of amides is 1. The van der Waals surface area contributed by atoms with E-state index in [1.807, 2.05) is 92.0 Å². The Hall–Kier alpha value is -4.63. The molecule has 6 nitrogen and oxygen atoms in total. The molecule has 0 atom stereocenters. The zero-order valence-electron chi connectivity index (χ0n) is 20.4. The maximum absolute atomic E-state index is 12.8. The molecule has 0 aliphatic rings. The van der Waals surface area contributed by atoms with Crippen LogP contribution in [0.15, 0.2) is 90.6 Å². The van der Waals surface area contributed by atoms with E-state index in [9.17, 15) is 10.1 Å². The fourth-order valence-corrected chi connectivity index (χ4v) is 3.80. The average molecular weight is 477 g/mol. The number of nitriles is 1. The van der Waals surface area contributed by atoms with Crippen molar-refractivity contribution < 1.29 is 9.53 Å². The van der Waals surface area contributed by atoms with Gasteiger partial charge in [-0.05, 0) is 60.9 Å². The van der Waals surface area contributed by atoms with E-state index in [4.69, 9.17) is 9.84 Å². The van der Waals surface area contributed by atoms with Crippen LogP contribution < -0.4 is 10.1 Å². The van der Waals surface area contributed by atoms with E-state index in [0.717, 1.165) is 34.5 Å². The van der Waals surface area contributed by atoms with Gasteiger partial charge < -0.3 is 10.1 Å². The Morgan fingerprint density at radius 2 is 1.81 bits per heavy atom. The van der Waals surface area contributed by atoms with Gasteiger partial charge in [0.25, 0.3) is 5.91 Å². The monoisotopic (exact) mass is 476 g/mol. The summed E-state index contributed by atoms with van der Waals surface area (Å²) >= 11 is 0. The molecular formula is C30H28N4O2. The van der Waals surface area contributed by atoms with Gasteiger partial charge in [0.2, 0.25) is 0 Å². The quantitative estimate of drug-likeness (QED) is 0.242. The van der Waals surface area contributed by atoms with Crippen molar-refractivity contribution in [2.45, 2.75) is 26.8 Å². The summed E-state index contributed by atoms with van der Waals surface area (Å²) in [6, 6.07) is 27.3. The molecule has 36 heavy (non-hydrogen) atoms. The van der Waals surface area contributed by atoms with E-state index in [1.54, 1.807) is 10.8 Å². The SMILES string of the molecule is CCCOc1ccc(-c2nn(-c3ccccc3)cc2/C=C(\C#N)C(=O)NCc2ccccc2)c(C)c1. The summed E-state index contributed by atoms with van der Waals surface area (Å²) in [5.41, 5.74) is 5.11. The van der Waals surface area contributed by atoms with Crippen molar-refractivity contribution in [3.8, 4) is 28.8 Å². The highest BCUT2D eigenvalue weighted by Gasteiger charge is 2.17. The molecule has 1 aromatic heterocycles. The van der Waals surface area contributed by atoms with E-state index < -0.39 is 5.91 Å². The minimum absolute atomic E-state index is 0.0142. The molecule has 3 aromatic carbocycles. The first-order valence-corrected chi connectivity index (χ1v) is 11.9. The van der Waals surface area contributed by atoms with Gasteiger partial charge in [-0.2, -0.15) is 10.4 Å². The third kappa shape index (κ3) is 5.89. The highest BCUT2D eigenvalue weighted by atomic mass is 16.5. The number of para-hydroxylation sites is 1. The van der Waals surface area contributed by atoms with Crippen LogP contribution >= 0.6 is 0 Å². The Bertz CT molecular complexity index is 1400. The molecular weight excluding hydrogens is 448 g/mol. The summed E-state index contributed by atoms with van der Waals surface area (Å²) in [7, 11) is 0. The number of hydrogen-bond acceptors (Lipinski definition) is 4. The van der Waals surface area contributed by atoms with Gasteiger partial charge in [-0.15, -0.1) is 0 Å². The molecule has 0 saturated carbocycles. The van der Waals surface area contributed by atoms with E-state index in [1.165, 1.54) is 0 Å². The third-order valence-corrected chi connectivity index (χ3v) is 5.65. The second-order valence-electron chi connectivity index (χ2n) is 8.38. The molecule has 0 aliphatic heterocycles. The number of benzene rings is 3. The Morgan fingerprint density at radius 1 is 1.08 bits per heavy atom. The lowest BCUT2D eigenvalue weighted by Gasteiger charge is -2.09. The number of carbonyl (C=O) groups is 1. The molecule has 0 spiro atoms. The van der Waals surface area contributed by atoms with Crippen molar-refractivity contribution in [1.82, 2.24) is 15.1 Å². The fraction of sp³-hybridized carbons (Fsp3) is 0.167. The van der Waals surface area contributed by atoms with Gasteiger partial charge in [0.1, 0.15) is 23.1 Å². The molecule has 1 amide bonds. The minimum atomic E-state index is -0.431. The van der Waals surface area contributed by atoms with E-state index in [2.05, 4.69) is 18.3 Å². The highest BCUT2D eigenvalue weighted by Crippen LogP contribution is 2.30. The number of ether oxygens (including phenoxy) is 1. The largest absolute Gasteiger partial charge is 0.494 e. The molecule has 4 aromatic rings. The number of aromatic nitrogens is 2. The second kappa shape index (κ2) is 11.7. The number of hydrogen-bond donors (Lipinski definition) is 1. The van der Waals surface area contributed by atoms with Crippen molar-refractivity contribution in [2.75, 3.05) is 6.61 Å². The van der Waals surface area contributed by atoms with Crippen LogP contribution in [0.1, 0.15) is 30.0 Å². The Balaban J connectivity index is 1.70. The van der Waals surface area contributed by atoms with Crippen LogP contribution in [0.3, 0.4) is 0 Å². The molecule has 0 fully saturated rings. The van der Waals surface area contributed by atoms with Gasteiger partial charge in [-0.3, -0.25) is 4.79 Å². The van der Waals surface area contributed by atoms with E-state index in [0.29, 0.717) is 24.4 Å². The molecule has 0 unspecified atom stereocenters. The van der Waals surface area contributed by atoms with Gasteiger partial charge in [0.15, 0.2) is 0 Å². The Labute approximate surface area is 211 Å². The van der Waals surface area contributed by atoms with Crippen LogP contribution in [-0.2, 0) is 11.3 Å². The van der Waals surface area contributed by atoms with Crippen molar-refractivity contribution in [2.24, 2.45) is 0 Å². The smallest absolute Gasteiger partial charge is 0.262 e. The van der Waals surface area contributed by atoms with Crippen molar-refractivity contribution in [3.63, 3.8) is 0 Å². The number of nitrogens with zero attached hydrogens (tertiary/aromatic N) is 3. The number of nitrogens with one attached hydrogen (secondary N) is 1. The maximum Gasteiger partial charge on any atom is 0.262 e. The summed E-state index contributed by atoms with van der Waals surface area (Å²) in [5, 5.41) is 17.5. The first kappa shape index (κ1) is 24.5. The van der Waals surface area contributed by atoms with Gasteiger partial charge in [-0.25, -0.2) is 4.68 Å².